The van der Waals surface area contributed by atoms with E-state index >= 15 is 0 Å². The van der Waals surface area contributed by atoms with Crippen LogP contribution < -0.4 is 5.32 Å². The van der Waals surface area contributed by atoms with E-state index in [1.807, 2.05) is 37.3 Å². The Hall–Kier alpha value is -2.51. The van der Waals surface area contributed by atoms with E-state index in [-0.39, 0.29) is 11.7 Å². The molecule has 130 valence electrons. The van der Waals surface area contributed by atoms with Gasteiger partial charge in [0.15, 0.2) is 0 Å². The van der Waals surface area contributed by atoms with Gasteiger partial charge >= 0.3 is 0 Å². The van der Waals surface area contributed by atoms with Crippen LogP contribution in [0, 0.1) is 12.7 Å². The number of halogens is 2. The third-order valence-corrected chi connectivity index (χ3v) is 5.76. The number of anilines is 1. The van der Waals surface area contributed by atoms with Gasteiger partial charge in [-0.1, -0.05) is 12.1 Å². The molecule has 2 aromatic carbocycles. The smallest absolute Gasteiger partial charge is 0.265 e. The molecule has 0 aliphatic heterocycles. The molecule has 7 heteroatoms. The number of carbonyl (C=O) groups excluding carboxylic acids is 1. The minimum atomic E-state index is -0.298. The number of hydrogen-bond donors (Lipinski definition) is 1. The van der Waals surface area contributed by atoms with Gasteiger partial charge in [0.1, 0.15) is 10.6 Å². The lowest BCUT2D eigenvalue weighted by Gasteiger charge is -2.05. The number of carbonyl (C=O) groups is 1. The maximum absolute atomic E-state index is 13.2. The fourth-order valence-electron chi connectivity index (χ4n) is 2.66. The molecule has 4 nitrogen and oxygen atoms in total. The third kappa shape index (κ3) is 3.04. The topological polar surface area (TPSA) is 46.9 Å². The second-order valence-corrected chi connectivity index (χ2v) is 7.62. The lowest BCUT2D eigenvalue weighted by molar-refractivity contribution is 0.103. The lowest BCUT2D eigenvalue weighted by atomic mass is 10.3. The van der Waals surface area contributed by atoms with Crippen molar-refractivity contribution in [1.29, 1.82) is 0 Å². The Morgan fingerprint density at radius 2 is 1.92 bits per heavy atom. The number of amides is 1. The zero-order valence-corrected chi connectivity index (χ0v) is 16.1. The molecule has 2 aromatic heterocycles. The summed E-state index contributed by atoms with van der Waals surface area (Å²) in [5, 5.41) is 8.34. The SMILES string of the molecule is Cc1nn(-c2ccc(F)cc2)c2sc(C(=O)Nc3ccccc3Br)cc12. The Kier molecular flexibility index (Phi) is 4.34. The van der Waals surface area contributed by atoms with Crippen molar-refractivity contribution < 1.29 is 9.18 Å². The molecule has 0 bridgehead atoms. The van der Waals surface area contributed by atoms with Crippen LogP contribution in [0.15, 0.2) is 59.1 Å². The standard InChI is InChI=1S/C19H13BrFN3OS/c1-11-14-10-17(18(25)22-16-5-3-2-4-15(16)20)26-19(14)24(23-11)13-8-6-12(21)7-9-13/h2-10H,1H3,(H,22,25). The number of hydrogen-bond acceptors (Lipinski definition) is 3. The molecule has 0 saturated carbocycles. The molecule has 4 aromatic rings. The molecule has 2 heterocycles. The zero-order valence-electron chi connectivity index (χ0n) is 13.7. The van der Waals surface area contributed by atoms with Gasteiger partial charge in [-0.15, -0.1) is 11.3 Å². The number of aryl methyl sites for hydroxylation is 1. The van der Waals surface area contributed by atoms with Gasteiger partial charge in [-0.25, -0.2) is 9.07 Å². The number of nitrogens with zero attached hydrogens (tertiary/aromatic N) is 2. The second-order valence-electron chi connectivity index (χ2n) is 5.74. The van der Waals surface area contributed by atoms with Crippen molar-refractivity contribution in [3.05, 3.63) is 75.5 Å². The van der Waals surface area contributed by atoms with E-state index in [1.54, 1.807) is 16.8 Å². The van der Waals surface area contributed by atoms with Crippen molar-refractivity contribution in [1.82, 2.24) is 9.78 Å². The Balaban J connectivity index is 1.72. The van der Waals surface area contributed by atoms with Gasteiger partial charge in [0.2, 0.25) is 0 Å². The molecule has 0 aliphatic carbocycles. The van der Waals surface area contributed by atoms with Crippen LogP contribution in [0.4, 0.5) is 10.1 Å². The molecular weight excluding hydrogens is 417 g/mol. The number of benzene rings is 2. The number of fused-ring (bicyclic) bond motifs is 1. The Bertz CT molecular complexity index is 1120. The maximum Gasteiger partial charge on any atom is 0.265 e. The first kappa shape index (κ1) is 16.9. The molecule has 0 saturated heterocycles. The molecular formula is C19H13BrFN3OS. The highest BCUT2D eigenvalue weighted by Gasteiger charge is 2.17. The summed E-state index contributed by atoms with van der Waals surface area (Å²) >= 11 is 4.78. The average molecular weight is 430 g/mol. The van der Waals surface area contributed by atoms with Gasteiger partial charge in [0.25, 0.3) is 5.91 Å². The number of aromatic nitrogens is 2. The fraction of sp³-hybridized carbons (Fsp3) is 0.0526. The predicted octanol–water partition coefficient (Wildman–Crippen LogP) is 5.55. The van der Waals surface area contributed by atoms with Crippen molar-refractivity contribution in [2.75, 3.05) is 5.32 Å². The second kappa shape index (κ2) is 6.66. The normalized spacial score (nSPS) is 11.0. The van der Waals surface area contributed by atoms with Crippen molar-refractivity contribution >= 4 is 49.1 Å². The molecule has 4 rings (SSSR count). The molecule has 0 unspecified atom stereocenters. The summed E-state index contributed by atoms with van der Waals surface area (Å²) in [4.78, 5) is 14.1. The van der Waals surface area contributed by atoms with E-state index in [1.165, 1.54) is 23.5 Å². The summed E-state index contributed by atoms with van der Waals surface area (Å²) in [6.07, 6.45) is 0. The van der Waals surface area contributed by atoms with Gasteiger partial charge in [-0.3, -0.25) is 4.79 Å². The van der Waals surface area contributed by atoms with Gasteiger partial charge in [0.05, 0.1) is 21.9 Å². The minimum Gasteiger partial charge on any atom is -0.320 e. The molecule has 1 amide bonds. The summed E-state index contributed by atoms with van der Waals surface area (Å²) in [5.74, 6) is -0.475. The van der Waals surface area contributed by atoms with Crippen molar-refractivity contribution in [2.45, 2.75) is 6.92 Å². The molecule has 26 heavy (non-hydrogen) atoms. The van der Waals surface area contributed by atoms with Gasteiger partial charge in [0, 0.05) is 9.86 Å². The molecule has 0 aliphatic rings. The predicted molar refractivity (Wildman–Crippen MR) is 106 cm³/mol. The highest BCUT2D eigenvalue weighted by molar-refractivity contribution is 9.10. The van der Waals surface area contributed by atoms with E-state index in [2.05, 4.69) is 26.3 Å². The third-order valence-electron chi connectivity index (χ3n) is 3.96. The van der Waals surface area contributed by atoms with Crippen LogP contribution in [-0.2, 0) is 0 Å². The molecule has 0 radical (unpaired) electrons. The number of rotatable bonds is 3. The summed E-state index contributed by atoms with van der Waals surface area (Å²) in [5.41, 5.74) is 2.29. The Morgan fingerprint density at radius 3 is 2.65 bits per heavy atom. The average Bonchev–Trinajstić information content (AvgIpc) is 3.19. The van der Waals surface area contributed by atoms with Crippen LogP contribution in [-0.4, -0.2) is 15.7 Å². The van der Waals surface area contributed by atoms with E-state index in [0.717, 1.165) is 26.1 Å². The van der Waals surface area contributed by atoms with E-state index in [4.69, 9.17) is 0 Å². The minimum absolute atomic E-state index is 0.178. The maximum atomic E-state index is 13.2. The Morgan fingerprint density at radius 1 is 1.19 bits per heavy atom. The summed E-state index contributed by atoms with van der Waals surface area (Å²) in [6, 6.07) is 15.4. The summed E-state index contributed by atoms with van der Waals surface area (Å²) in [6.45, 7) is 1.89. The monoisotopic (exact) mass is 429 g/mol. The highest BCUT2D eigenvalue weighted by Crippen LogP contribution is 2.31. The van der Waals surface area contributed by atoms with E-state index in [9.17, 15) is 9.18 Å². The largest absolute Gasteiger partial charge is 0.320 e. The highest BCUT2D eigenvalue weighted by atomic mass is 79.9. The quantitative estimate of drug-likeness (QED) is 0.463. The van der Waals surface area contributed by atoms with Crippen LogP contribution in [0.2, 0.25) is 0 Å². The molecule has 0 atom stereocenters. The molecule has 0 spiro atoms. The van der Waals surface area contributed by atoms with Crippen molar-refractivity contribution in [3.63, 3.8) is 0 Å². The summed E-state index contributed by atoms with van der Waals surface area (Å²) in [7, 11) is 0. The van der Waals surface area contributed by atoms with Crippen molar-refractivity contribution in [2.24, 2.45) is 0 Å². The number of thiophene rings is 1. The fourth-order valence-corrected chi connectivity index (χ4v) is 4.12. The van der Waals surface area contributed by atoms with E-state index < -0.39 is 0 Å². The first-order chi connectivity index (χ1) is 12.5. The first-order valence-corrected chi connectivity index (χ1v) is 9.45. The number of para-hydroxylation sites is 1. The van der Waals surface area contributed by atoms with Crippen molar-refractivity contribution in [3.8, 4) is 5.69 Å². The van der Waals surface area contributed by atoms with Crippen LogP contribution >= 0.6 is 27.3 Å². The van der Waals surface area contributed by atoms with Gasteiger partial charge in [-0.2, -0.15) is 5.10 Å². The van der Waals surface area contributed by atoms with E-state index in [0.29, 0.717) is 10.6 Å². The number of nitrogens with one attached hydrogen (secondary N) is 1. The van der Waals surface area contributed by atoms with Gasteiger partial charge in [-0.05, 0) is 65.3 Å². The first-order valence-electron chi connectivity index (χ1n) is 7.84. The summed E-state index contributed by atoms with van der Waals surface area (Å²) < 4.78 is 15.7. The molecule has 1 N–H and O–H groups in total. The molecule has 0 fully saturated rings. The van der Waals surface area contributed by atoms with Crippen LogP contribution in [0.1, 0.15) is 15.4 Å². The van der Waals surface area contributed by atoms with Gasteiger partial charge < -0.3 is 5.32 Å². The van der Waals surface area contributed by atoms with Crippen LogP contribution in [0.5, 0.6) is 0 Å². The zero-order chi connectivity index (χ0) is 18.3. The Labute approximate surface area is 161 Å². The van der Waals surface area contributed by atoms with Crippen LogP contribution in [0.25, 0.3) is 15.9 Å². The lowest BCUT2D eigenvalue weighted by Crippen LogP contribution is -2.10. The van der Waals surface area contributed by atoms with Crippen LogP contribution in [0.3, 0.4) is 0 Å².